The standard InChI is InChI=1S/C13H17ClN4O/c14-11-9-13(16-12-4-6-15-18(11)12)17-7-2-1-3-10(17)5-8-19/h4,6,9-10,19H,1-3,5,7-8H2/t10-/m0/s1. The Morgan fingerprint density at radius 1 is 1.42 bits per heavy atom. The van der Waals surface area contributed by atoms with Crippen LogP contribution in [0.5, 0.6) is 0 Å². The minimum atomic E-state index is 0.212. The van der Waals surface area contributed by atoms with Crippen molar-refractivity contribution in [2.24, 2.45) is 0 Å². The van der Waals surface area contributed by atoms with Crippen LogP contribution in [0.25, 0.3) is 5.65 Å². The van der Waals surface area contributed by atoms with Crippen LogP contribution < -0.4 is 4.90 Å². The van der Waals surface area contributed by atoms with E-state index in [1.165, 1.54) is 6.42 Å². The number of halogens is 1. The topological polar surface area (TPSA) is 53.7 Å². The van der Waals surface area contributed by atoms with E-state index in [0.29, 0.717) is 11.2 Å². The number of aliphatic hydroxyl groups is 1. The minimum absolute atomic E-state index is 0.212. The summed E-state index contributed by atoms with van der Waals surface area (Å²) < 4.78 is 1.62. The first-order valence-corrected chi connectivity index (χ1v) is 7.05. The van der Waals surface area contributed by atoms with Gasteiger partial charge in [0.2, 0.25) is 0 Å². The van der Waals surface area contributed by atoms with Crippen LogP contribution in [-0.2, 0) is 0 Å². The fraction of sp³-hybridized carbons (Fsp3) is 0.538. The first-order chi connectivity index (χ1) is 9.29. The molecule has 0 aromatic carbocycles. The van der Waals surface area contributed by atoms with E-state index < -0.39 is 0 Å². The van der Waals surface area contributed by atoms with Gasteiger partial charge in [0.1, 0.15) is 11.0 Å². The van der Waals surface area contributed by atoms with E-state index in [1.54, 1.807) is 10.7 Å². The van der Waals surface area contributed by atoms with E-state index in [2.05, 4.69) is 15.0 Å². The maximum Gasteiger partial charge on any atom is 0.159 e. The largest absolute Gasteiger partial charge is 0.396 e. The molecule has 0 spiro atoms. The van der Waals surface area contributed by atoms with Crippen molar-refractivity contribution < 1.29 is 5.11 Å². The quantitative estimate of drug-likeness (QED) is 0.875. The summed E-state index contributed by atoms with van der Waals surface area (Å²) in [5, 5.41) is 13.9. The normalized spacial score (nSPS) is 20.1. The van der Waals surface area contributed by atoms with Gasteiger partial charge in [-0.25, -0.2) is 9.50 Å². The lowest BCUT2D eigenvalue weighted by Crippen LogP contribution is -2.40. The van der Waals surface area contributed by atoms with E-state index >= 15 is 0 Å². The molecular weight excluding hydrogens is 264 g/mol. The van der Waals surface area contributed by atoms with Gasteiger partial charge in [-0.05, 0) is 25.7 Å². The Bertz CT molecular complexity index is 569. The van der Waals surface area contributed by atoms with Gasteiger partial charge in [0.25, 0.3) is 0 Å². The van der Waals surface area contributed by atoms with Crippen LogP contribution in [0.1, 0.15) is 25.7 Å². The molecule has 6 heteroatoms. The third-order valence-electron chi connectivity index (χ3n) is 3.69. The zero-order valence-electron chi connectivity index (χ0n) is 10.7. The first kappa shape index (κ1) is 12.7. The Kier molecular flexibility index (Phi) is 3.57. The molecule has 1 atom stereocenters. The Hall–Kier alpha value is -1.33. The Morgan fingerprint density at radius 3 is 3.16 bits per heavy atom. The number of aromatic nitrogens is 3. The van der Waals surface area contributed by atoms with Gasteiger partial charge < -0.3 is 10.0 Å². The summed E-state index contributed by atoms with van der Waals surface area (Å²) in [4.78, 5) is 6.88. The van der Waals surface area contributed by atoms with E-state index in [-0.39, 0.29) is 6.61 Å². The smallest absolute Gasteiger partial charge is 0.159 e. The molecule has 2 aromatic heterocycles. The molecule has 102 valence electrons. The molecular formula is C13H17ClN4O. The first-order valence-electron chi connectivity index (χ1n) is 6.67. The van der Waals surface area contributed by atoms with Gasteiger partial charge in [0.15, 0.2) is 5.65 Å². The van der Waals surface area contributed by atoms with E-state index in [0.717, 1.165) is 37.3 Å². The number of fused-ring (bicyclic) bond motifs is 1. The van der Waals surface area contributed by atoms with Crippen LogP contribution in [0, 0.1) is 0 Å². The highest BCUT2D eigenvalue weighted by atomic mass is 35.5. The maximum atomic E-state index is 9.19. The van der Waals surface area contributed by atoms with Crippen LogP contribution >= 0.6 is 11.6 Å². The zero-order chi connectivity index (χ0) is 13.2. The van der Waals surface area contributed by atoms with E-state index in [4.69, 9.17) is 11.6 Å². The molecule has 1 aliphatic heterocycles. The molecule has 1 N–H and O–H groups in total. The second-order valence-electron chi connectivity index (χ2n) is 4.89. The number of piperidine rings is 1. The maximum absolute atomic E-state index is 9.19. The Labute approximate surface area is 116 Å². The van der Waals surface area contributed by atoms with Gasteiger partial charge in [-0.2, -0.15) is 5.10 Å². The summed E-state index contributed by atoms with van der Waals surface area (Å²) in [5.41, 5.74) is 0.760. The molecule has 3 heterocycles. The molecule has 5 nitrogen and oxygen atoms in total. The fourth-order valence-corrected chi connectivity index (χ4v) is 2.99. The van der Waals surface area contributed by atoms with Crippen molar-refractivity contribution in [3.8, 4) is 0 Å². The molecule has 0 bridgehead atoms. The second kappa shape index (κ2) is 5.35. The highest BCUT2D eigenvalue weighted by Crippen LogP contribution is 2.27. The number of hydrogen-bond donors (Lipinski definition) is 1. The summed E-state index contributed by atoms with van der Waals surface area (Å²) in [5.74, 6) is 0.885. The number of anilines is 1. The van der Waals surface area contributed by atoms with Crippen molar-refractivity contribution >= 4 is 23.1 Å². The minimum Gasteiger partial charge on any atom is -0.396 e. The number of rotatable bonds is 3. The lowest BCUT2D eigenvalue weighted by Gasteiger charge is -2.36. The molecule has 0 saturated carbocycles. The second-order valence-corrected chi connectivity index (χ2v) is 5.28. The third kappa shape index (κ3) is 2.40. The van der Waals surface area contributed by atoms with Gasteiger partial charge >= 0.3 is 0 Å². The molecule has 3 rings (SSSR count). The highest BCUT2D eigenvalue weighted by Gasteiger charge is 2.24. The van der Waals surface area contributed by atoms with Crippen LogP contribution in [-0.4, -0.2) is 38.9 Å². The number of nitrogens with zero attached hydrogens (tertiary/aromatic N) is 4. The van der Waals surface area contributed by atoms with Gasteiger partial charge in [0.05, 0.1) is 6.20 Å². The van der Waals surface area contributed by atoms with Crippen molar-refractivity contribution in [1.82, 2.24) is 14.6 Å². The summed E-state index contributed by atoms with van der Waals surface area (Å²) in [6, 6.07) is 4.06. The zero-order valence-corrected chi connectivity index (χ0v) is 11.4. The molecule has 2 aromatic rings. The predicted octanol–water partition coefficient (Wildman–Crippen LogP) is 2.12. The van der Waals surface area contributed by atoms with E-state index in [1.807, 2.05) is 12.1 Å². The molecule has 0 unspecified atom stereocenters. The van der Waals surface area contributed by atoms with Gasteiger partial charge in [0, 0.05) is 31.3 Å². The Balaban J connectivity index is 1.96. The van der Waals surface area contributed by atoms with Gasteiger partial charge in [-0.15, -0.1) is 0 Å². The van der Waals surface area contributed by atoms with Crippen LogP contribution in [0.4, 0.5) is 5.82 Å². The summed E-state index contributed by atoms with van der Waals surface area (Å²) in [7, 11) is 0. The average Bonchev–Trinajstić information content (AvgIpc) is 2.88. The van der Waals surface area contributed by atoms with Gasteiger partial charge in [-0.1, -0.05) is 11.6 Å². The SMILES string of the molecule is OCC[C@@H]1CCCCN1c1cc(Cl)n2nccc2n1. The van der Waals surface area contributed by atoms with Crippen LogP contribution in [0.2, 0.25) is 5.15 Å². The molecule has 0 radical (unpaired) electrons. The van der Waals surface area contributed by atoms with Crippen molar-refractivity contribution in [2.75, 3.05) is 18.1 Å². The van der Waals surface area contributed by atoms with Crippen molar-refractivity contribution in [1.29, 1.82) is 0 Å². The third-order valence-corrected chi connectivity index (χ3v) is 3.96. The molecule has 0 aliphatic carbocycles. The summed E-state index contributed by atoms with van der Waals surface area (Å²) in [6.45, 7) is 1.18. The van der Waals surface area contributed by atoms with Crippen LogP contribution in [0.15, 0.2) is 18.3 Å². The Morgan fingerprint density at radius 2 is 2.32 bits per heavy atom. The predicted molar refractivity (Wildman–Crippen MR) is 74.7 cm³/mol. The molecule has 19 heavy (non-hydrogen) atoms. The van der Waals surface area contributed by atoms with Crippen molar-refractivity contribution in [2.45, 2.75) is 31.7 Å². The molecule has 1 aliphatic rings. The molecule has 1 saturated heterocycles. The molecule has 1 fully saturated rings. The lowest BCUT2D eigenvalue weighted by molar-refractivity contribution is 0.262. The summed E-state index contributed by atoms with van der Waals surface area (Å²) in [6.07, 6.45) is 5.95. The highest BCUT2D eigenvalue weighted by molar-refractivity contribution is 6.29. The van der Waals surface area contributed by atoms with E-state index in [9.17, 15) is 5.11 Å². The van der Waals surface area contributed by atoms with Crippen LogP contribution in [0.3, 0.4) is 0 Å². The fourth-order valence-electron chi connectivity index (χ4n) is 2.76. The van der Waals surface area contributed by atoms with Gasteiger partial charge in [-0.3, -0.25) is 0 Å². The lowest BCUT2D eigenvalue weighted by atomic mass is 10.00. The van der Waals surface area contributed by atoms with Crippen molar-refractivity contribution in [3.63, 3.8) is 0 Å². The molecule has 0 amide bonds. The number of aliphatic hydroxyl groups excluding tert-OH is 1. The van der Waals surface area contributed by atoms with Crippen molar-refractivity contribution in [3.05, 3.63) is 23.5 Å². The monoisotopic (exact) mass is 280 g/mol. The number of hydrogen-bond acceptors (Lipinski definition) is 4. The summed E-state index contributed by atoms with van der Waals surface area (Å²) >= 11 is 6.23. The average molecular weight is 281 g/mol.